The summed E-state index contributed by atoms with van der Waals surface area (Å²) in [4.78, 5) is 17.3. The van der Waals surface area contributed by atoms with Crippen LogP contribution in [0.4, 0.5) is 79.6 Å². The molecule has 0 aromatic heterocycles. The maximum atomic E-state index is 11.1. The molecule has 572 valence electrons. The fraction of sp³-hybridized carbons (Fsp3) is 0. The van der Waals surface area contributed by atoms with Gasteiger partial charge in [0.1, 0.15) is 0 Å². The molecule has 0 saturated heterocycles. The molecule has 2 aliphatic rings. The molecule has 18 aromatic carbocycles. The molecular weight excluding hydrogens is 1490 g/mol. The van der Waals surface area contributed by atoms with Crippen LogP contribution in [-0.4, -0.2) is 0 Å². The summed E-state index contributed by atoms with van der Waals surface area (Å²) >= 11 is 0. The Hall–Kier alpha value is -17.3. The maximum absolute atomic E-state index is 11.1. The predicted octanol–water partition coefficient (Wildman–Crippen LogP) is 31.6. The molecule has 2 heterocycles. The lowest BCUT2D eigenvalue weighted by Crippen LogP contribution is -2.15. The predicted molar refractivity (Wildman–Crippen MR) is 497 cm³/mol. The van der Waals surface area contributed by atoms with E-state index in [9.17, 15) is 10.5 Å². The molecular formula is C112H72N8O2. The zero-order valence-electron chi connectivity index (χ0n) is 66.0. The van der Waals surface area contributed by atoms with Gasteiger partial charge in [-0.15, -0.1) is 0 Å². The number of anilines is 12. The third-order valence-corrected chi connectivity index (χ3v) is 22.2. The van der Waals surface area contributed by atoms with Crippen LogP contribution < -0.4 is 29.1 Å². The minimum absolute atomic E-state index is 0.314. The summed E-state index contributed by atoms with van der Waals surface area (Å²) < 4.78 is 12.7. The standard InChI is InChI=1S/C56H34N4O2.C56H38N4/c1-58-56-43(36-57)52(37-16-4-2-5-17-37)53(39-28-32-41(33-29-39)59-44-20-8-12-24-48(44)61-49-25-13-9-21-45(49)59)54(55(56)38-18-6-3-7-19-38)40-30-34-42(35-31-40)60-46-22-10-14-26-50(46)62-51-27-15-11-23-47(51)60;1-58-56-51(40-57)52(41-20-8-2-9-21-41)53(43-32-36-49(37-33-43)59(45-24-12-4-13-25-45)46-26-14-5-15-27-46)54(55(56)42-22-10-3-11-23-42)44-34-38-50(39-35-44)60(47-28-16-6-17-29-47)48-30-18-7-19-31-48/h2-35H;2-39H. The van der Waals surface area contributed by atoms with E-state index < -0.39 is 0 Å². The number of nitriles is 2. The van der Waals surface area contributed by atoms with Crippen LogP contribution in [0.3, 0.4) is 0 Å². The number of para-hydroxylation sites is 12. The second-order valence-corrected chi connectivity index (χ2v) is 29.3. The van der Waals surface area contributed by atoms with Crippen LogP contribution in [0.15, 0.2) is 437 Å². The third kappa shape index (κ3) is 14.1. The van der Waals surface area contributed by atoms with E-state index in [2.05, 4.69) is 260 Å². The minimum atomic E-state index is 0.314. The van der Waals surface area contributed by atoms with E-state index in [1.807, 2.05) is 218 Å². The molecule has 0 bridgehead atoms. The minimum Gasteiger partial charge on any atom is -0.453 e. The molecule has 0 spiro atoms. The largest absolute Gasteiger partial charge is 0.453 e. The molecule has 0 radical (unpaired) electrons. The van der Waals surface area contributed by atoms with E-state index in [1.54, 1.807) is 0 Å². The first-order valence-electron chi connectivity index (χ1n) is 40.2. The first-order chi connectivity index (χ1) is 60.4. The topological polar surface area (TPSA) is 87.7 Å². The van der Waals surface area contributed by atoms with Crippen molar-refractivity contribution in [1.82, 2.24) is 0 Å². The van der Waals surface area contributed by atoms with Gasteiger partial charge in [0.05, 0.1) is 59.2 Å². The fourth-order valence-corrected chi connectivity index (χ4v) is 16.9. The molecule has 122 heavy (non-hydrogen) atoms. The molecule has 0 amide bonds. The summed E-state index contributed by atoms with van der Waals surface area (Å²) in [7, 11) is 0. The number of nitrogens with zero attached hydrogens (tertiary/aromatic N) is 8. The van der Waals surface area contributed by atoms with Gasteiger partial charge in [-0.25, -0.2) is 9.69 Å². The van der Waals surface area contributed by atoms with Gasteiger partial charge in [0.25, 0.3) is 0 Å². The van der Waals surface area contributed by atoms with Crippen LogP contribution in [0, 0.1) is 35.8 Å². The fourth-order valence-electron chi connectivity index (χ4n) is 16.9. The van der Waals surface area contributed by atoms with Crippen molar-refractivity contribution in [3.63, 3.8) is 0 Å². The van der Waals surface area contributed by atoms with Crippen molar-refractivity contribution in [3.05, 3.63) is 471 Å². The van der Waals surface area contributed by atoms with Crippen molar-refractivity contribution in [2.24, 2.45) is 0 Å². The Morgan fingerprint density at radius 3 is 0.656 bits per heavy atom. The van der Waals surface area contributed by atoms with E-state index in [-0.39, 0.29) is 0 Å². The highest BCUT2D eigenvalue weighted by atomic mass is 16.5. The Kier molecular flexibility index (Phi) is 20.5. The van der Waals surface area contributed by atoms with Crippen molar-refractivity contribution >= 4 is 79.6 Å². The van der Waals surface area contributed by atoms with E-state index in [0.717, 1.165) is 169 Å². The van der Waals surface area contributed by atoms with Gasteiger partial charge in [0.2, 0.25) is 11.4 Å². The lowest BCUT2D eigenvalue weighted by atomic mass is 9.79. The number of ether oxygens (including phenoxy) is 2. The molecule has 10 nitrogen and oxygen atoms in total. The van der Waals surface area contributed by atoms with Gasteiger partial charge in [0.15, 0.2) is 23.0 Å². The Morgan fingerprint density at radius 2 is 0.410 bits per heavy atom. The van der Waals surface area contributed by atoms with Crippen LogP contribution in [-0.2, 0) is 0 Å². The van der Waals surface area contributed by atoms with E-state index in [0.29, 0.717) is 33.6 Å². The number of rotatable bonds is 16. The SMILES string of the molecule is [C-]#[N+]c1c(C#N)c(-c2ccccc2)c(-c2ccc(N(c3ccccc3)c3ccccc3)cc2)c(-c2ccc(N(c3ccccc3)c3ccccc3)cc2)c1-c1ccccc1.[C-]#[N+]c1c(C#N)c(-c2ccccc2)c(-c2ccc(N3c4ccccc4Oc4ccccc43)cc2)c(-c2ccc(N3c4ccccc4Oc4ccccc43)cc2)c1-c1ccccc1. The molecule has 2 aliphatic heterocycles. The first-order valence-corrected chi connectivity index (χ1v) is 40.2. The van der Waals surface area contributed by atoms with Crippen LogP contribution in [0.25, 0.3) is 98.7 Å². The van der Waals surface area contributed by atoms with Crippen molar-refractivity contribution < 1.29 is 9.47 Å². The van der Waals surface area contributed by atoms with E-state index >= 15 is 0 Å². The second-order valence-electron chi connectivity index (χ2n) is 29.3. The molecule has 0 atom stereocenters. The highest BCUT2D eigenvalue weighted by molar-refractivity contribution is 6.12. The smallest absolute Gasteiger partial charge is 0.213 e. The quantitative estimate of drug-likeness (QED) is 0.0885. The summed E-state index contributed by atoms with van der Waals surface area (Å²) in [5.41, 5.74) is 26.6. The molecule has 20 rings (SSSR count). The zero-order chi connectivity index (χ0) is 82.2. The average molecular weight is 1560 g/mol. The van der Waals surface area contributed by atoms with Gasteiger partial charge in [0, 0.05) is 45.5 Å². The summed E-state index contributed by atoms with van der Waals surface area (Å²) in [6, 6.07) is 153. The Morgan fingerprint density at radius 1 is 0.213 bits per heavy atom. The Labute approximate surface area is 709 Å². The zero-order valence-corrected chi connectivity index (χ0v) is 66.0. The van der Waals surface area contributed by atoms with Gasteiger partial charge >= 0.3 is 0 Å². The van der Waals surface area contributed by atoms with Crippen LogP contribution in [0.2, 0.25) is 0 Å². The molecule has 0 saturated carbocycles. The third-order valence-electron chi connectivity index (χ3n) is 22.2. The number of fused-ring (bicyclic) bond motifs is 4. The Bertz CT molecular complexity index is 6460. The lowest BCUT2D eigenvalue weighted by Gasteiger charge is -2.33. The van der Waals surface area contributed by atoms with Gasteiger partial charge < -0.3 is 29.1 Å². The number of hydrogen-bond donors (Lipinski definition) is 0. The van der Waals surface area contributed by atoms with Crippen LogP contribution in [0.1, 0.15) is 11.1 Å². The lowest BCUT2D eigenvalue weighted by molar-refractivity contribution is 0.477. The molecule has 0 unspecified atom stereocenters. The second kappa shape index (κ2) is 33.5. The van der Waals surface area contributed by atoms with Crippen LogP contribution in [0.5, 0.6) is 23.0 Å². The van der Waals surface area contributed by atoms with Crippen molar-refractivity contribution in [2.75, 3.05) is 19.6 Å². The summed E-state index contributed by atoms with van der Waals surface area (Å²) in [5, 5.41) is 22.2. The van der Waals surface area contributed by atoms with Crippen molar-refractivity contribution in [2.45, 2.75) is 0 Å². The van der Waals surface area contributed by atoms with E-state index in [1.165, 1.54) is 0 Å². The summed E-state index contributed by atoms with van der Waals surface area (Å²) in [6.07, 6.45) is 0. The summed E-state index contributed by atoms with van der Waals surface area (Å²) in [5.74, 6) is 3.10. The molecule has 18 aromatic rings. The number of hydrogen-bond acceptors (Lipinski definition) is 8. The van der Waals surface area contributed by atoms with E-state index in [4.69, 9.17) is 22.6 Å². The normalized spacial score (nSPS) is 11.3. The molecule has 0 fully saturated rings. The maximum Gasteiger partial charge on any atom is 0.213 e. The van der Waals surface area contributed by atoms with Gasteiger partial charge in [-0.3, -0.25) is 0 Å². The molecule has 0 aliphatic carbocycles. The van der Waals surface area contributed by atoms with Crippen molar-refractivity contribution in [1.29, 1.82) is 10.5 Å². The summed E-state index contributed by atoms with van der Waals surface area (Å²) in [6.45, 7) is 17.3. The van der Waals surface area contributed by atoms with Gasteiger partial charge in [-0.1, -0.05) is 291 Å². The molecule has 0 N–H and O–H groups in total. The average Bonchev–Trinajstić information content (AvgIpc) is 0.730. The molecule has 10 heteroatoms. The number of benzene rings is 18. The Balaban J connectivity index is 0.000000161. The monoisotopic (exact) mass is 1560 g/mol. The van der Waals surface area contributed by atoms with Crippen molar-refractivity contribution in [3.8, 4) is 124 Å². The van der Waals surface area contributed by atoms with Gasteiger partial charge in [-0.2, -0.15) is 10.5 Å². The first kappa shape index (κ1) is 74.8. The van der Waals surface area contributed by atoms with Crippen LogP contribution >= 0.6 is 0 Å². The highest BCUT2D eigenvalue weighted by Crippen LogP contribution is 2.58. The highest BCUT2D eigenvalue weighted by Gasteiger charge is 2.33. The van der Waals surface area contributed by atoms with Gasteiger partial charge in [-0.05, 0) is 235 Å².